The summed E-state index contributed by atoms with van der Waals surface area (Å²) in [6.45, 7) is 2.09. The highest BCUT2D eigenvalue weighted by Crippen LogP contribution is 2.41. The second-order valence-electron chi connectivity index (χ2n) is 4.59. The molecular formula is C16H17Cl2NS. The van der Waals surface area contributed by atoms with Crippen LogP contribution in [0.4, 0.5) is 0 Å². The molecule has 106 valence electrons. The molecule has 0 aliphatic rings. The molecule has 2 aromatic carbocycles. The van der Waals surface area contributed by atoms with Crippen molar-refractivity contribution >= 4 is 35.0 Å². The third-order valence-electron chi connectivity index (χ3n) is 3.13. The minimum absolute atomic E-state index is 0.0406. The fourth-order valence-corrected chi connectivity index (χ4v) is 3.91. The molecule has 0 fully saturated rings. The van der Waals surface area contributed by atoms with Crippen LogP contribution in [0.1, 0.15) is 24.2 Å². The van der Waals surface area contributed by atoms with E-state index < -0.39 is 0 Å². The summed E-state index contributed by atoms with van der Waals surface area (Å²) in [6.07, 6.45) is 0.892. The molecule has 2 N–H and O–H groups in total. The van der Waals surface area contributed by atoms with Gasteiger partial charge in [0.25, 0.3) is 0 Å². The van der Waals surface area contributed by atoms with E-state index in [2.05, 4.69) is 6.92 Å². The molecule has 0 aromatic heterocycles. The van der Waals surface area contributed by atoms with Crippen LogP contribution in [0, 0.1) is 0 Å². The third kappa shape index (κ3) is 3.92. The molecule has 0 aliphatic heterocycles. The van der Waals surface area contributed by atoms with Crippen molar-refractivity contribution in [1.29, 1.82) is 0 Å². The molecule has 2 aromatic rings. The van der Waals surface area contributed by atoms with Gasteiger partial charge in [0.05, 0.1) is 5.25 Å². The van der Waals surface area contributed by atoms with E-state index in [1.807, 2.05) is 48.5 Å². The number of benzene rings is 2. The Kier molecular flexibility index (Phi) is 5.79. The molecule has 2 unspecified atom stereocenters. The zero-order valence-corrected chi connectivity index (χ0v) is 13.6. The van der Waals surface area contributed by atoms with Gasteiger partial charge in [0.15, 0.2) is 0 Å². The van der Waals surface area contributed by atoms with Crippen molar-refractivity contribution in [3.05, 3.63) is 64.1 Å². The first kappa shape index (κ1) is 15.7. The van der Waals surface area contributed by atoms with Crippen molar-refractivity contribution in [3.8, 4) is 0 Å². The van der Waals surface area contributed by atoms with Gasteiger partial charge in [-0.2, -0.15) is 0 Å². The third-order valence-corrected chi connectivity index (χ3v) is 5.09. The number of thioether (sulfide) groups is 1. The van der Waals surface area contributed by atoms with Crippen LogP contribution in [0.2, 0.25) is 10.0 Å². The zero-order chi connectivity index (χ0) is 14.5. The molecule has 0 amide bonds. The molecule has 0 radical (unpaired) electrons. The molecule has 2 rings (SSSR count). The van der Waals surface area contributed by atoms with Gasteiger partial charge in [0.2, 0.25) is 0 Å². The largest absolute Gasteiger partial charge is 0.326 e. The average Bonchev–Trinajstić information content (AvgIpc) is 2.45. The summed E-state index contributed by atoms with van der Waals surface area (Å²) in [4.78, 5) is 1.10. The Morgan fingerprint density at radius 2 is 1.85 bits per heavy atom. The fourth-order valence-electron chi connectivity index (χ4n) is 1.99. The summed E-state index contributed by atoms with van der Waals surface area (Å²) in [6, 6.07) is 15.7. The lowest BCUT2D eigenvalue weighted by molar-refractivity contribution is 0.634. The summed E-state index contributed by atoms with van der Waals surface area (Å²) in [7, 11) is 0. The number of hydrogen-bond acceptors (Lipinski definition) is 2. The summed E-state index contributed by atoms with van der Waals surface area (Å²) < 4.78 is 0. The predicted octanol–water partition coefficient (Wildman–Crippen LogP) is 5.56. The van der Waals surface area contributed by atoms with Gasteiger partial charge in [-0.15, -0.1) is 11.8 Å². The maximum absolute atomic E-state index is 6.32. The average molecular weight is 326 g/mol. The number of nitrogens with two attached hydrogens (primary N) is 1. The van der Waals surface area contributed by atoms with E-state index in [1.165, 1.54) is 0 Å². The van der Waals surface area contributed by atoms with Crippen LogP contribution in [-0.4, -0.2) is 6.04 Å². The van der Waals surface area contributed by atoms with Crippen LogP contribution >= 0.6 is 35.0 Å². The lowest BCUT2D eigenvalue weighted by Crippen LogP contribution is -2.25. The summed E-state index contributed by atoms with van der Waals surface area (Å²) in [5.74, 6) is 0. The Balaban J connectivity index is 2.32. The quantitative estimate of drug-likeness (QED) is 0.728. The van der Waals surface area contributed by atoms with Gasteiger partial charge in [-0.25, -0.2) is 0 Å². The zero-order valence-electron chi connectivity index (χ0n) is 11.2. The van der Waals surface area contributed by atoms with Gasteiger partial charge in [0, 0.05) is 21.0 Å². The van der Waals surface area contributed by atoms with Crippen LogP contribution in [0.25, 0.3) is 0 Å². The van der Waals surface area contributed by atoms with Crippen molar-refractivity contribution in [2.24, 2.45) is 5.73 Å². The van der Waals surface area contributed by atoms with Crippen molar-refractivity contribution < 1.29 is 0 Å². The standard InChI is InChI=1S/C16H17Cl2NS/c1-2-15(19)16(13-8-3-4-9-14(13)18)20-12-7-5-6-11(17)10-12/h3-10,15-16H,2,19H2,1H3. The van der Waals surface area contributed by atoms with E-state index in [0.29, 0.717) is 0 Å². The first-order chi connectivity index (χ1) is 9.61. The summed E-state index contributed by atoms with van der Waals surface area (Å²) in [5.41, 5.74) is 7.37. The molecule has 0 saturated heterocycles. The molecular weight excluding hydrogens is 309 g/mol. The Morgan fingerprint density at radius 1 is 1.10 bits per heavy atom. The lowest BCUT2D eigenvalue weighted by atomic mass is 10.0. The van der Waals surface area contributed by atoms with E-state index in [0.717, 1.165) is 26.9 Å². The van der Waals surface area contributed by atoms with Crippen molar-refractivity contribution in [3.63, 3.8) is 0 Å². The van der Waals surface area contributed by atoms with Crippen LogP contribution in [0.5, 0.6) is 0 Å². The van der Waals surface area contributed by atoms with Gasteiger partial charge >= 0.3 is 0 Å². The molecule has 4 heteroatoms. The van der Waals surface area contributed by atoms with Gasteiger partial charge in [0.1, 0.15) is 0 Å². The van der Waals surface area contributed by atoms with E-state index in [-0.39, 0.29) is 11.3 Å². The molecule has 0 bridgehead atoms. The minimum atomic E-state index is 0.0406. The molecule has 0 aliphatic carbocycles. The molecule has 0 saturated carbocycles. The Bertz CT molecular complexity index is 574. The molecule has 0 spiro atoms. The van der Waals surface area contributed by atoms with Crippen molar-refractivity contribution in [2.75, 3.05) is 0 Å². The van der Waals surface area contributed by atoms with Gasteiger partial charge < -0.3 is 5.73 Å². The Labute approximate surface area is 134 Å². The van der Waals surface area contributed by atoms with E-state index in [4.69, 9.17) is 28.9 Å². The smallest absolute Gasteiger partial charge is 0.0510 e. The normalized spacial score (nSPS) is 14.0. The highest BCUT2D eigenvalue weighted by molar-refractivity contribution is 7.99. The van der Waals surface area contributed by atoms with Crippen LogP contribution in [-0.2, 0) is 0 Å². The first-order valence-corrected chi connectivity index (χ1v) is 8.17. The van der Waals surface area contributed by atoms with Crippen LogP contribution in [0.3, 0.4) is 0 Å². The lowest BCUT2D eigenvalue weighted by Gasteiger charge is -2.24. The van der Waals surface area contributed by atoms with Gasteiger partial charge in [-0.05, 0) is 36.2 Å². The predicted molar refractivity (Wildman–Crippen MR) is 89.8 cm³/mol. The second-order valence-corrected chi connectivity index (χ2v) is 6.65. The highest BCUT2D eigenvalue weighted by atomic mass is 35.5. The second kappa shape index (κ2) is 7.37. The highest BCUT2D eigenvalue weighted by Gasteiger charge is 2.22. The molecule has 1 nitrogen and oxygen atoms in total. The van der Waals surface area contributed by atoms with Crippen molar-refractivity contribution in [1.82, 2.24) is 0 Å². The number of rotatable bonds is 5. The molecule has 0 heterocycles. The maximum atomic E-state index is 6.32. The van der Waals surface area contributed by atoms with E-state index in [9.17, 15) is 0 Å². The number of halogens is 2. The topological polar surface area (TPSA) is 26.0 Å². The van der Waals surface area contributed by atoms with E-state index >= 15 is 0 Å². The molecule has 20 heavy (non-hydrogen) atoms. The van der Waals surface area contributed by atoms with Gasteiger partial charge in [-0.1, -0.05) is 54.4 Å². The Hall–Kier alpha value is -0.670. The van der Waals surface area contributed by atoms with E-state index in [1.54, 1.807) is 11.8 Å². The SMILES string of the molecule is CCC(N)C(Sc1cccc(Cl)c1)c1ccccc1Cl. The fraction of sp³-hybridized carbons (Fsp3) is 0.250. The Morgan fingerprint density at radius 3 is 2.50 bits per heavy atom. The molecule has 2 atom stereocenters. The minimum Gasteiger partial charge on any atom is -0.326 e. The summed E-state index contributed by atoms with van der Waals surface area (Å²) >= 11 is 14.1. The first-order valence-electron chi connectivity index (χ1n) is 6.54. The van der Waals surface area contributed by atoms with Crippen molar-refractivity contribution in [2.45, 2.75) is 29.5 Å². The summed E-state index contributed by atoms with van der Waals surface area (Å²) in [5, 5.41) is 1.61. The monoisotopic (exact) mass is 325 g/mol. The van der Waals surface area contributed by atoms with Crippen LogP contribution in [0.15, 0.2) is 53.4 Å². The maximum Gasteiger partial charge on any atom is 0.0510 e. The van der Waals surface area contributed by atoms with Crippen LogP contribution < -0.4 is 5.73 Å². The number of hydrogen-bond donors (Lipinski definition) is 1. The van der Waals surface area contributed by atoms with Gasteiger partial charge in [-0.3, -0.25) is 0 Å².